The topological polar surface area (TPSA) is 65.0 Å². The molecule has 0 saturated heterocycles. The molecule has 3 rings (SSSR count). The van der Waals surface area contributed by atoms with Gasteiger partial charge in [0.15, 0.2) is 0 Å². The molecule has 0 spiro atoms. The van der Waals surface area contributed by atoms with Gasteiger partial charge in [-0.15, -0.1) is 11.8 Å². The van der Waals surface area contributed by atoms with Crippen molar-refractivity contribution >= 4 is 17.7 Å². The van der Waals surface area contributed by atoms with E-state index in [-0.39, 0.29) is 23.0 Å². The molecular formula is C28H36O5S. The maximum atomic E-state index is 11.1. The van der Waals surface area contributed by atoms with Gasteiger partial charge < -0.3 is 19.3 Å². The van der Waals surface area contributed by atoms with Crippen molar-refractivity contribution in [3.05, 3.63) is 65.7 Å². The summed E-state index contributed by atoms with van der Waals surface area (Å²) in [6, 6.07) is 14.4. The van der Waals surface area contributed by atoms with E-state index in [2.05, 4.69) is 37.5 Å². The predicted octanol–water partition coefficient (Wildman–Crippen LogP) is 6.67. The molecule has 0 aromatic heterocycles. The lowest BCUT2D eigenvalue weighted by Gasteiger charge is -2.47. The number of carbonyl (C=O) groups is 1. The van der Waals surface area contributed by atoms with E-state index >= 15 is 0 Å². The van der Waals surface area contributed by atoms with Crippen molar-refractivity contribution in [1.82, 2.24) is 0 Å². The van der Waals surface area contributed by atoms with E-state index in [1.807, 2.05) is 42.1 Å². The summed E-state index contributed by atoms with van der Waals surface area (Å²) < 4.78 is 17.0. The Hall–Kier alpha value is -2.60. The van der Waals surface area contributed by atoms with Gasteiger partial charge in [0.2, 0.25) is 0 Å². The molecule has 2 aromatic carbocycles. The molecular weight excluding hydrogens is 448 g/mol. The van der Waals surface area contributed by atoms with Crippen LogP contribution in [0.1, 0.15) is 56.1 Å². The number of hydrogen-bond acceptors (Lipinski definition) is 5. The van der Waals surface area contributed by atoms with Gasteiger partial charge >= 0.3 is 5.97 Å². The summed E-state index contributed by atoms with van der Waals surface area (Å²) in [5.41, 5.74) is 2.37. The van der Waals surface area contributed by atoms with Crippen LogP contribution in [0.25, 0.3) is 0 Å². The molecule has 0 aliphatic carbocycles. The van der Waals surface area contributed by atoms with Crippen LogP contribution in [0.15, 0.2) is 54.6 Å². The van der Waals surface area contributed by atoms with E-state index in [1.54, 1.807) is 14.2 Å². The molecule has 1 aliphatic heterocycles. The lowest BCUT2D eigenvalue weighted by Crippen LogP contribution is -2.43. The minimum Gasteiger partial charge on any atom is -0.497 e. The zero-order valence-corrected chi connectivity index (χ0v) is 21.4. The molecule has 2 aromatic rings. The number of carboxylic acids is 1. The van der Waals surface area contributed by atoms with Crippen LogP contribution in [0.4, 0.5) is 0 Å². The van der Waals surface area contributed by atoms with Crippen molar-refractivity contribution in [1.29, 1.82) is 0 Å². The van der Waals surface area contributed by atoms with Crippen molar-refractivity contribution in [3.8, 4) is 17.2 Å². The molecule has 0 saturated carbocycles. The van der Waals surface area contributed by atoms with Gasteiger partial charge in [-0.05, 0) is 54.3 Å². The molecule has 0 fully saturated rings. The first-order valence-corrected chi connectivity index (χ1v) is 13.1. The quantitative estimate of drug-likeness (QED) is 0.340. The molecule has 1 aliphatic rings. The van der Waals surface area contributed by atoms with Gasteiger partial charge in [-0.2, -0.15) is 0 Å². The monoisotopic (exact) mass is 484 g/mol. The number of allylic oxidation sites excluding steroid dienone is 2. The number of ether oxygens (including phenoxy) is 3. The molecule has 0 amide bonds. The number of aliphatic carboxylic acids is 1. The van der Waals surface area contributed by atoms with Crippen molar-refractivity contribution in [2.45, 2.75) is 49.7 Å². The SMILES string of the molecule is CCCCC(C=CCCC(=O)O)C1c2ccc(OC)cc2OCC1(SC)c1ccc(OC)cc1. The van der Waals surface area contributed by atoms with Crippen molar-refractivity contribution in [2.24, 2.45) is 5.92 Å². The largest absolute Gasteiger partial charge is 0.497 e. The van der Waals surface area contributed by atoms with Crippen LogP contribution >= 0.6 is 11.8 Å². The van der Waals surface area contributed by atoms with E-state index in [0.29, 0.717) is 13.0 Å². The summed E-state index contributed by atoms with van der Waals surface area (Å²) in [5, 5.41) is 9.09. The molecule has 0 radical (unpaired) electrons. The summed E-state index contributed by atoms with van der Waals surface area (Å²) in [6.07, 6.45) is 10.4. The highest BCUT2D eigenvalue weighted by atomic mass is 32.2. The number of benzene rings is 2. The Morgan fingerprint density at radius 3 is 2.53 bits per heavy atom. The van der Waals surface area contributed by atoms with Crippen molar-refractivity contribution in [2.75, 3.05) is 27.1 Å². The lowest BCUT2D eigenvalue weighted by atomic mass is 9.70. The van der Waals surface area contributed by atoms with Gasteiger partial charge in [-0.1, -0.05) is 50.1 Å². The molecule has 6 heteroatoms. The number of carboxylic acid groups (broad SMARTS) is 1. The zero-order chi connectivity index (χ0) is 24.6. The second-order valence-corrected chi connectivity index (χ2v) is 9.80. The first kappa shape index (κ1) is 26.0. The van der Waals surface area contributed by atoms with Crippen LogP contribution in [0.3, 0.4) is 0 Å². The van der Waals surface area contributed by atoms with E-state index in [1.165, 1.54) is 11.1 Å². The number of fused-ring (bicyclic) bond motifs is 1. The maximum Gasteiger partial charge on any atom is 0.303 e. The number of unbranched alkanes of at least 4 members (excludes halogenated alkanes) is 1. The standard InChI is InChI=1S/C28H36O5S/c1-5-6-9-20(10-7-8-11-26(29)30)27-24-17-16-23(32-3)18-25(24)33-19-28(27,34-4)21-12-14-22(31-2)15-13-21/h7,10,12-18,20,27H,5-6,8-9,11,19H2,1-4H3,(H,29,30). The Morgan fingerprint density at radius 2 is 1.91 bits per heavy atom. The van der Waals surface area contributed by atoms with Gasteiger partial charge in [0.05, 0.1) is 19.0 Å². The number of methoxy groups -OCH3 is 2. The second-order valence-electron chi connectivity index (χ2n) is 8.66. The Balaban J connectivity index is 2.12. The fourth-order valence-electron chi connectivity index (χ4n) is 4.86. The summed E-state index contributed by atoms with van der Waals surface area (Å²) in [4.78, 5) is 11.1. The lowest BCUT2D eigenvalue weighted by molar-refractivity contribution is -0.136. The molecule has 1 heterocycles. The average molecular weight is 485 g/mol. The highest BCUT2D eigenvalue weighted by Gasteiger charge is 2.48. The molecule has 3 atom stereocenters. The highest BCUT2D eigenvalue weighted by Crippen LogP contribution is 2.57. The van der Waals surface area contributed by atoms with E-state index in [9.17, 15) is 4.79 Å². The summed E-state index contributed by atoms with van der Waals surface area (Å²) in [6.45, 7) is 2.75. The molecule has 1 N–H and O–H groups in total. The van der Waals surface area contributed by atoms with Crippen molar-refractivity contribution in [3.63, 3.8) is 0 Å². The van der Waals surface area contributed by atoms with Crippen LogP contribution in [0, 0.1) is 5.92 Å². The number of rotatable bonds is 12. The number of hydrogen-bond donors (Lipinski definition) is 1. The third-order valence-corrected chi connectivity index (χ3v) is 8.01. The van der Waals surface area contributed by atoms with Crippen LogP contribution in [0.2, 0.25) is 0 Å². The highest BCUT2D eigenvalue weighted by molar-refractivity contribution is 7.99. The van der Waals surface area contributed by atoms with Crippen molar-refractivity contribution < 1.29 is 24.1 Å². The normalized spacial score (nSPS) is 20.4. The van der Waals surface area contributed by atoms with Gasteiger partial charge in [-0.3, -0.25) is 4.79 Å². The summed E-state index contributed by atoms with van der Waals surface area (Å²) >= 11 is 1.82. The van der Waals surface area contributed by atoms with Gasteiger partial charge in [0.25, 0.3) is 0 Å². The third-order valence-electron chi connectivity index (χ3n) is 6.67. The molecule has 5 nitrogen and oxygen atoms in total. The second kappa shape index (κ2) is 12.2. The van der Waals surface area contributed by atoms with Gasteiger partial charge in [-0.25, -0.2) is 0 Å². The van der Waals surface area contributed by atoms with Crippen LogP contribution in [0.5, 0.6) is 17.2 Å². The molecule has 3 unspecified atom stereocenters. The Morgan fingerprint density at radius 1 is 1.21 bits per heavy atom. The third kappa shape index (κ3) is 5.72. The first-order chi connectivity index (χ1) is 16.5. The fraction of sp³-hybridized carbons (Fsp3) is 0.464. The predicted molar refractivity (Wildman–Crippen MR) is 138 cm³/mol. The Kier molecular flexibility index (Phi) is 9.34. The van der Waals surface area contributed by atoms with Crippen LogP contribution < -0.4 is 14.2 Å². The Labute approximate surface area is 207 Å². The summed E-state index contributed by atoms with van der Waals surface area (Å²) in [7, 11) is 3.35. The smallest absolute Gasteiger partial charge is 0.303 e. The van der Waals surface area contributed by atoms with Crippen LogP contribution in [-0.4, -0.2) is 38.2 Å². The van der Waals surface area contributed by atoms with E-state index < -0.39 is 5.97 Å². The van der Waals surface area contributed by atoms with E-state index in [4.69, 9.17) is 19.3 Å². The number of thioether (sulfide) groups is 1. The molecule has 184 valence electrons. The van der Waals surface area contributed by atoms with Gasteiger partial charge in [0, 0.05) is 18.4 Å². The molecule has 0 bridgehead atoms. The Bertz CT molecular complexity index is 971. The minimum absolute atomic E-state index is 0.144. The fourth-order valence-corrected chi connectivity index (χ4v) is 5.96. The molecule has 34 heavy (non-hydrogen) atoms. The zero-order valence-electron chi connectivity index (χ0n) is 20.6. The average Bonchev–Trinajstić information content (AvgIpc) is 2.87. The van der Waals surface area contributed by atoms with E-state index in [0.717, 1.165) is 36.5 Å². The first-order valence-electron chi connectivity index (χ1n) is 11.9. The summed E-state index contributed by atoms with van der Waals surface area (Å²) in [5.74, 6) is 2.09. The minimum atomic E-state index is -0.769. The maximum absolute atomic E-state index is 11.1. The van der Waals surface area contributed by atoms with Crippen LogP contribution in [-0.2, 0) is 9.54 Å². The van der Waals surface area contributed by atoms with Gasteiger partial charge in [0.1, 0.15) is 23.9 Å².